The predicted octanol–water partition coefficient (Wildman–Crippen LogP) is 2.06. The first-order valence-corrected chi connectivity index (χ1v) is 6.78. The fourth-order valence-electron chi connectivity index (χ4n) is 2.24. The van der Waals surface area contributed by atoms with Gasteiger partial charge in [0.1, 0.15) is 0 Å². The number of nitrogens with zero attached hydrogens (tertiary/aromatic N) is 1. The first-order valence-electron chi connectivity index (χ1n) is 6.78. The van der Waals surface area contributed by atoms with E-state index in [2.05, 4.69) is 5.32 Å². The third-order valence-electron chi connectivity index (χ3n) is 3.18. The summed E-state index contributed by atoms with van der Waals surface area (Å²) in [4.78, 5) is 26.0. The van der Waals surface area contributed by atoms with Gasteiger partial charge in [-0.2, -0.15) is 0 Å². The largest absolute Gasteiger partial charge is 0.350 e. The Morgan fingerprint density at radius 1 is 1.16 bits per heavy atom. The third-order valence-corrected chi connectivity index (χ3v) is 3.18. The maximum Gasteiger partial charge on any atom is 0.253 e. The minimum Gasteiger partial charge on any atom is -0.350 e. The Balaban J connectivity index is 2.14. The average Bonchev–Trinajstić information content (AvgIpc) is 2.91. The summed E-state index contributed by atoms with van der Waals surface area (Å²) in [6.45, 7) is 5.47. The van der Waals surface area contributed by atoms with E-state index in [0.29, 0.717) is 11.1 Å². The molecule has 2 amide bonds. The molecular formula is C15H20N2O2. The molecule has 0 radical (unpaired) electrons. The molecule has 0 aromatic heterocycles. The molecule has 1 aliphatic rings. The summed E-state index contributed by atoms with van der Waals surface area (Å²) in [6.07, 6.45) is 2.14. The Morgan fingerprint density at radius 2 is 1.79 bits per heavy atom. The second kappa shape index (κ2) is 5.87. The van der Waals surface area contributed by atoms with Gasteiger partial charge in [-0.3, -0.25) is 9.59 Å². The molecule has 102 valence electrons. The molecule has 0 bridgehead atoms. The van der Waals surface area contributed by atoms with E-state index in [0.717, 1.165) is 25.9 Å². The number of carbonyl (C=O) groups excluding carboxylic acids is 2. The second-order valence-corrected chi connectivity index (χ2v) is 5.21. The van der Waals surface area contributed by atoms with Gasteiger partial charge in [0.15, 0.2) is 0 Å². The number of nitrogens with one attached hydrogen (secondary N) is 1. The minimum absolute atomic E-state index is 0.0247. The van der Waals surface area contributed by atoms with Crippen LogP contribution in [0.4, 0.5) is 0 Å². The van der Waals surface area contributed by atoms with Crippen LogP contribution in [-0.2, 0) is 0 Å². The van der Waals surface area contributed by atoms with Gasteiger partial charge in [-0.1, -0.05) is 6.07 Å². The van der Waals surface area contributed by atoms with Gasteiger partial charge >= 0.3 is 0 Å². The molecule has 4 heteroatoms. The SMILES string of the molecule is CC(C)NC(=O)c1cccc(C(=O)N2CCCC2)c1. The predicted molar refractivity (Wildman–Crippen MR) is 74.2 cm³/mol. The van der Waals surface area contributed by atoms with E-state index >= 15 is 0 Å². The number of hydrogen-bond donors (Lipinski definition) is 1. The van der Waals surface area contributed by atoms with Crippen molar-refractivity contribution in [3.8, 4) is 0 Å². The standard InChI is InChI=1S/C15H20N2O2/c1-11(2)16-14(18)12-6-5-7-13(10-12)15(19)17-8-3-4-9-17/h5-7,10-11H,3-4,8-9H2,1-2H3,(H,16,18). The monoisotopic (exact) mass is 260 g/mol. The fourth-order valence-corrected chi connectivity index (χ4v) is 2.24. The molecule has 1 aliphatic heterocycles. The molecule has 1 saturated heterocycles. The minimum atomic E-state index is -0.133. The number of amides is 2. The second-order valence-electron chi connectivity index (χ2n) is 5.21. The van der Waals surface area contributed by atoms with Crippen molar-refractivity contribution in [1.29, 1.82) is 0 Å². The number of rotatable bonds is 3. The van der Waals surface area contributed by atoms with Crippen LogP contribution in [0.5, 0.6) is 0 Å². The summed E-state index contributed by atoms with van der Waals surface area (Å²) < 4.78 is 0. The van der Waals surface area contributed by atoms with Crippen LogP contribution < -0.4 is 5.32 Å². The Hall–Kier alpha value is -1.84. The highest BCUT2D eigenvalue weighted by Crippen LogP contribution is 2.14. The molecule has 2 rings (SSSR count). The molecule has 1 aromatic carbocycles. The van der Waals surface area contributed by atoms with Gasteiger partial charge in [0.25, 0.3) is 11.8 Å². The van der Waals surface area contributed by atoms with E-state index in [1.165, 1.54) is 0 Å². The smallest absolute Gasteiger partial charge is 0.253 e. The highest BCUT2D eigenvalue weighted by atomic mass is 16.2. The first-order chi connectivity index (χ1) is 9.08. The summed E-state index contributed by atoms with van der Waals surface area (Å²) in [5.41, 5.74) is 1.14. The van der Waals surface area contributed by atoms with Gasteiger partial charge < -0.3 is 10.2 Å². The van der Waals surface area contributed by atoms with Crippen molar-refractivity contribution in [2.24, 2.45) is 0 Å². The van der Waals surface area contributed by atoms with E-state index in [1.54, 1.807) is 24.3 Å². The molecule has 1 N–H and O–H groups in total. The number of likely N-dealkylation sites (tertiary alicyclic amines) is 1. The number of hydrogen-bond acceptors (Lipinski definition) is 2. The van der Waals surface area contributed by atoms with Crippen LogP contribution in [0.3, 0.4) is 0 Å². The molecular weight excluding hydrogens is 240 g/mol. The lowest BCUT2D eigenvalue weighted by Gasteiger charge is -2.15. The molecule has 1 fully saturated rings. The average molecular weight is 260 g/mol. The van der Waals surface area contributed by atoms with Crippen LogP contribution in [0.2, 0.25) is 0 Å². The first kappa shape index (κ1) is 13.6. The van der Waals surface area contributed by atoms with Crippen molar-refractivity contribution in [1.82, 2.24) is 10.2 Å². The quantitative estimate of drug-likeness (QED) is 0.904. The van der Waals surface area contributed by atoms with Crippen LogP contribution in [0.25, 0.3) is 0 Å². The van der Waals surface area contributed by atoms with E-state index in [9.17, 15) is 9.59 Å². The summed E-state index contributed by atoms with van der Waals surface area (Å²) >= 11 is 0. The van der Waals surface area contributed by atoms with Gasteiger partial charge in [-0.15, -0.1) is 0 Å². The maximum absolute atomic E-state index is 12.2. The Kier molecular flexibility index (Phi) is 4.20. The molecule has 0 saturated carbocycles. The highest BCUT2D eigenvalue weighted by molar-refractivity contribution is 5.99. The summed E-state index contributed by atoms with van der Waals surface area (Å²) in [5.74, 6) is -0.109. The van der Waals surface area contributed by atoms with Gasteiger partial charge in [0.2, 0.25) is 0 Å². The van der Waals surface area contributed by atoms with Crippen LogP contribution in [0, 0.1) is 0 Å². The Morgan fingerprint density at radius 3 is 2.42 bits per heavy atom. The van der Waals surface area contributed by atoms with Gasteiger partial charge in [-0.05, 0) is 44.9 Å². The Labute approximate surface area is 113 Å². The van der Waals surface area contributed by atoms with Crippen LogP contribution in [-0.4, -0.2) is 35.8 Å². The molecule has 0 aliphatic carbocycles. The lowest BCUT2D eigenvalue weighted by Crippen LogP contribution is -2.31. The Bertz CT molecular complexity index is 477. The fraction of sp³-hybridized carbons (Fsp3) is 0.467. The van der Waals surface area contributed by atoms with Gasteiger partial charge in [0.05, 0.1) is 0 Å². The van der Waals surface area contributed by atoms with E-state index in [-0.39, 0.29) is 17.9 Å². The summed E-state index contributed by atoms with van der Waals surface area (Å²) in [6, 6.07) is 7.03. The van der Waals surface area contributed by atoms with Crippen LogP contribution >= 0.6 is 0 Å². The van der Waals surface area contributed by atoms with E-state index < -0.39 is 0 Å². The maximum atomic E-state index is 12.2. The molecule has 1 heterocycles. The molecule has 0 spiro atoms. The molecule has 19 heavy (non-hydrogen) atoms. The van der Waals surface area contributed by atoms with Crippen molar-refractivity contribution >= 4 is 11.8 Å². The zero-order valence-corrected chi connectivity index (χ0v) is 11.5. The van der Waals surface area contributed by atoms with Gasteiger partial charge in [0, 0.05) is 30.3 Å². The molecule has 0 atom stereocenters. The molecule has 1 aromatic rings. The summed E-state index contributed by atoms with van der Waals surface area (Å²) in [5, 5.41) is 2.83. The number of benzene rings is 1. The topological polar surface area (TPSA) is 49.4 Å². The zero-order valence-electron chi connectivity index (χ0n) is 11.5. The van der Waals surface area contributed by atoms with Crippen molar-refractivity contribution < 1.29 is 9.59 Å². The van der Waals surface area contributed by atoms with E-state index in [1.807, 2.05) is 18.7 Å². The highest BCUT2D eigenvalue weighted by Gasteiger charge is 2.20. The normalized spacial score (nSPS) is 14.8. The van der Waals surface area contributed by atoms with Crippen LogP contribution in [0.15, 0.2) is 24.3 Å². The van der Waals surface area contributed by atoms with Gasteiger partial charge in [-0.25, -0.2) is 0 Å². The van der Waals surface area contributed by atoms with Crippen molar-refractivity contribution in [2.45, 2.75) is 32.7 Å². The van der Waals surface area contributed by atoms with Crippen molar-refractivity contribution in [2.75, 3.05) is 13.1 Å². The van der Waals surface area contributed by atoms with Crippen LogP contribution in [0.1, 0.15) is 47.4 Å². The van der Waals surface area contributed by atoms with Crippen molar-refractivity contribution in [3.05, 3.63) is 35.4 Å². The summed E-state index contributed by atoms with van der Waals surface area (Å²) in [7, 11) is 0. The van der Waals surface area contributed by atoms with E-state index in [4.69, 9.17) is 0 Å². The third kappa shape index (κ3) is 3.34. The lowest BCUT2D eigenvalue weighted by atomic mass is 10.1. The lowest BCUT2D eigenvalue weighted by molar-refractivity contribution is 0.0793. The number of carbonyl (C=O) groups is 2. The molecule has 0 unspecified atom stereocenters. The molecule has 4 nitrogen and oxygen atoms in total. The zero-order chi connectivity index (χ0) is 13.8. The van der Waals surface area contributed by atoms with Crippen molar-refractivity contribution in [3.63, 3.8) is 0 Å².